The molecule has 0 fully saturated rings. The van der Waals surface area contributed by atoms with E-state index in [1.807, 2.05) is 25.1 Å². The van der Waals surface area contributed by atoms with Crippen LogP contribution in [0, 0.1) is 0 Å². The summed E-state index contributed by atoms with van der Waals surface area (Å²) in [5.41, 5.74) is 1.62. The van der Waals surface area contributed by atoms with E-state index < -0.39 is 0 Å². The maximum atomic E-state index is 11.6. The molecule has 0 heterocycles. The fraction of sp³-hybridized carbons (Fsp3) is 0.417. The fourth-order valence-corrected chi connectivity index (χ4v) is 1.33. The molecule has 0 bridgehead atoms. The van der Waals surface area contributed by atoms with Crippen LogP contribution in [0.15, 0.2) is 24.3 Å². The van der Waals surface area contributed by atoms with E-state index in [1.165, 1.54) is 0 Å². The Labute approximate surface area is 89.7 Å². The highest BCUT2D eigenvalue weighted by Gasteiger charge is 2.10. The van der Waals surface area contributed by atoms with Gasteiger partial charge in [-0.05, 0) is 18.1 Å². The molecule has 15 heavy (non-hydrogen) atoms. The van der Waals surface area contributed by atoms with E-state index in [4.69, 9.17) is 9.84 Å². The van der Waals surface area contributed by atoms with Crippen LogP contribution in [0.3, 0.4) is 0 Å². The van der Waals surface area contributed by atoms with E-state index in [0.717, 1.165) is 12.0 Å². The zero-order chi connectivity index (χ0) is 11.1. The predicted octanol–water partition coefficient (Wildman–Crippen LogP) is 1.79. The van der Waals surface area contributed by atoms with Gasteiger partial charge in [-0.25, -0.2) is 4.79 Å². The van der Waals surface area contributed by atoms with Gasteiger partial charge in [-0.3, -0.25) is 0 Å². The van der Waals surface area contributed by atoms with Crippen molar-refractivity contribution in [2.75, 3.05) is 13.2 Å². The van der Waals surface area contributed by atoms with Gasteiger partial charge in [-0.15, -0.1) is 0 Å². The van der Waals surface area contributed by atoms with Gasteiger partial charge in [0.15, 0.2) is 0 Å². The summed E-state index contributed by atoms with van der Waals surface area (Å²) in [6, 6.07) is 7.41. The number of benzene rings is 1. The molecule has 0 amide bonds. The average molecular weight is 208 g/mol. The summed E-state index contributed by atoms with van der Waals surface area (Å²) in [4.78, 5) is 11.6. The fourth-order valence-electron chi connectivity index (χ4n) is 1.33. The lowest BCUT2D eigenvalue weighted by molar-refractivity contribution is 0.0481. The van der Waals surface area contributed by atoms with E-state index in [1.54, 1.807) is 6.07 Å². The van der Waals surface area contributed by atoms with Crippen molar-refractivity contribution in [2.24, 2.45) is 0 Å². The second-order valence-corrected chi connectivity index (χ2v) is 3.22. The number of rotatable bonds is 5. The number of hydrogen-bond acceptors (Lipinski definition) is 3. The lowest BCUT2D eigenvalue weighted by Crippen LogP contribution is -2.09. The molecule has 0 radical (unpaired) electrons. The number of carbonyl (C=O) groups excluding carboxylic acids is 1. The Hall–Kier alpha value is -1.35. The van der Waals surface area contributed by atoms with Crippen molar-refractivity contribution >= 4 is 5.97 Å². The third-order valence-corrected chi connectivity index (χ3v) is 2.15. The minimum atomic E-state index is -0.305. The second-order valence-electron chi connectivity index (χ2n) is 3.22. The Kier molecular flexibility index (Phi) is 4.84. The summed E-state index contributed by atoms with van der Waals surface area (Å²) in [7, 11) is 0. The summed E-state index contributed by atoms with van der Waals surface area (Å²) in [6.45, 7) is 2.32. The highest BCUT2D eigenvalue weighted by molar-refractivity contribution is 5.91. The highest BCUT2D eigenvalue weighted by Crippen LogP contribution is 2.10. The maximum Gasteiger partial charge on any atom is 0.338 e. The summed E-state index contributed by atoms with van der Waals surface area (Å²) in [6.07, 6.45) is 1.30. The summed E-state index contributed by atoms with van der Waals surface area (Å²) in [5.74, 6) is -0.305. The van der Waals surface area contributed by atoms with Crippen molar-refractivity contribution in [2.45, 2.75) is 19.8 Å². The van der Waals surface area contributed by atoms with E-state index in [0.29, 0.717) is 12.0 Å². The smallest absolute Gasteiger partial charge is 0.338 e. The SMILES string of the molecule is CCc1ccccc1C(=O)OCCCO. The van der Waals surface area contributed by atoms with Crippen molar-refractivity contribution in [3.63, 3.8) is 0 Å². The van der Waals surface area contributed by atoms with Gasteiger partial charge in [-0.2, -0.15) is 0 Å². The van der Waals surface area contributed by atoms with Gasteiger partial charge in [0.05, 0.1) is 12.2 Å². The molecule has 0 aromatic heterocycles. The molecule has 0 saturated carbocycles. The minimum Gasteiger partial charge on any atom is -0.462 e. The molecular formula is C12H16O3. The van der Waals surface area contributed by atoms with Crippen molar-refractivity contribution in [3.05, 3.63) is 35.4 Å². The van der Waals surface area contributed by atoms with Crippen molar-refractivity contribution in [3.8, 4) is 0 Å². The third-order valence-electron chi connectivity index (χ3n) is 2.15. The maximum absolute atomic E-state index is 11.6. The summed E-state index contributed by atoms with van der Waals surface area (Å²) < 4.78 is 5.01. The van der Waals surface area contributed by atoms with Gasteiger partial charge in [0.2, 0.25) is 0 Å². The molecule has 0 atom stereocenters. The molecule has 0 unspecified atom stereocenters. The molecular weight excluding hydrogens is 192 g/mol. The molecule has 3 heteroatoms. The Balaban J connectivity index is 2.64. The number of carbonyl (C=O) groups is 1. The third kappa shape index (κ3) is 3.36. The van der Waals surface area contributed by atoms with E-state index in [2.05, 4.69) is 0 Å². The van der Waals surface area contributed by atoms with Crippen molar-refractivity contribution in [1.82, 2.24) is 0 Å². The first-order valence-corrected chi connectivity index (χ1v) is 5.15. The Bertz CT molecular complexity index is 320. The van der Waals surface area contributed by atoms with Crippen molar-refractivity contribution < 1.29 is 14.6 Å². The Morgan fingerprint density at radius 2 is 2.13 bits per heavy atom. The normalized spacial score (nSPS) is 10.0. The highest BCUT2D eigenvalue weighted by atomic mass is 16.5. The van der Waals surface area contributed by atoms with Gasteiger partial charge in [-0.1, -0.05) is 25.1 Å². The molecule has 0 saturated heterocycles. The van der Waals surface area contributed by atoms with Crippen LogP contribution in [0.25, 0.3) is 0 Å². The number of esters is 1. The number of hydrogen-bond donors (Lipinski definition) is 1. The zero-order valence-electron chi connectivity index (χ0n) is 8.90. The van der Waals surface area contributed by atoms with E-state index in [9.17, 15) is 4.79 Å². The topological polar surface area (TPSA) is 46.5 Å². The molecule has 1 rings (SSSR count). The van der Waals surface area contributed by atoms with Crippen LogP contribution in [0.1, 0.15) is 29.3 Å². The molecule has 0 spiro atoms. The van der Waals surface area contributed by atoms with Gasteiger partial charge >= 0.3 is 5.97 Å². The Morgan fingerprint density at radius 1 is 1.40 bits per heavy atom. The second kappa shape index (κ2) is 6.19. The predicted molar refractivity (Wildman–Crippen MR) is 57.8 cm³/mol. The van der Waals surface area contributed by atoms with Crippen molar-refractivity contribution in [1.29, 1.82) is 0 Å². The standard InChI is InChI=1S/C12H16O3/c1-2-10-6-3-4-7-11(10)12(14)15-9-5-8-13/h3-4,6-7,13H,2,5,8-9H2,1H3. The zero-order valence-corrected chi connectivity index (χ0v) is 8.90. The van der Waals surface area contributed by atoms with Crippen LogP contribution in [-0.2, 0) is 11.2 Å². The lowest BCUT2D eigenvalue weighted by atomic mass is 10.1. The lowest BCUT2D eigenvalue weighted by Gasteiger charge is -2.07. The number of ether oxygens (including phenoxy) is 1. The van der Waals surface area contributed by atoms with Gasteiger partial charge in [0, 0.05) is 13.0 Å². The number of aryl methyl sites for hydroxylation is 1. The summed E-state index contributed by atoms with van der Waals surface area (Å²) in [5, 5.41) is 8.56. The van der Waals surface area contributed by atoms with Crippen LogP contribution < -0.4 is 0 Å². The van der Waals surface area contributed by atoms with Crippen LogP contribution in [0.4, 0.5) is 0 Å². The van der Waals surface area contributed by atoms with Crippen LogP contribution in [0.2, 0.25) is 0 Å². The molecule has 1 N–H and O–H groups in total. The monoisotopic (exact) mass is 208 g/mol. The molecule has 0 aliphatic carbocycles. The first kappa shape index (κ1) is 11.7. The van der Waals surface area contributed by atoms with Gasteiger partial charge in [0.25, 0.3) is 0 Å². The summed E-state index contributed by atoms with van der Waals surface area (Å²) >= 11 is 0. The van der Waals surface area contributed by atoms with E-state index >= 15 is 0 Å². The molecule has 0 aliphatic heterocycles. The average Bonchev–Trinajstić information content (AvgIpc) is 2.29. The Morgan fingerprint density at radius 3 is 2.80 bits per heavy atom. The molecule has 82 valence electrons. The van der Waals surface area contributed by atoms with Gasteiger partial charge in [0.1, 0.15) is 0 Å². The van der Waals surface area contributed by atoms with Crippen LogP contribution in [0.5, 0.6) is 0 Å². The quantitative estimate of drug-likeness (QED) is 0.592. The number of aliphatic hydroxyl groups excluding tert-OH is 1. The molecule has 1 aromatic rings. The number of aliphatic hydroxyl groups is 1. The van der Waals surface area contributed by atoms with Crippen LogP contribution >= 0.6 is 0 Å². The minimum absolute atomic E-state index is 0.0443. The van der Waals surface area contributed by atoms with Crippen LogP contribution in [-0.4, -0.2) is 24.3 Å². The first-order chi connectivity index (χ1) is 7.29. The van der Waals surface area contributed by atoms with E-state index in [-0.39, 0.29) is 19.2 Å². The molecule has 3 nitrogen and oxygen atoms in total. The largest absolute Gasteiger partial charge is 0.462 e. The molecule has 1 aromatic carbocycles. The molecule has 0 aliphatic rings. The van der Waals surface area contributed by atoms with Gasteiger partial charge < -0.3 is 9.84 Å². The first-order valence-electron chi connectivity index (χ1n) is 5.15.